The van der Waals surface area contributed by atoms with Gasteiger partial charge in [0.15, 0.2) is 0 Å². The molecular weight excluding hydrogens is 192 g/mol. The number of hydrogen-bond donors (Lipinski definition) is 0. The Morgan fingerprint density at radius 3 is 1.44 bits per heavy atom. The van der Waals surface area contributed by atoms with E-state index in [1.54, 1.807) is 0 Å². The Kier molecular flexibility index (Phi) is 4.58. The van der Waals surface area contributed by atoms with Gasteiger partial charge in [0.05, 0.1) is 0 Å². The Balaban J connectivity index is 3.18. The smallest absolute Gasteiger partial charge is 0.0193 e. The maximum atomic E-state index is 2.39. The van der Waals surface area contributed by atoms with Gasteiger partial charge in [-0.1, -0.05) is 59.7 Å². The summed E-state index contributed by atoms with van der Waals surface area (Å²) in [7, 11) is 0. The predicted molar refractivity (Wildman–Crippen MR) is 73.3 cm³/mol. The average molecular weight is 218 g/mol. The van der Waals surface area contributed by atoms with Crippen molar-refractivity contribution in [1.82, 2.24) is 0 Å². The van der Waals surface area contributed by atoms with E-state index in [1.165, 1.54) is 23.1 Å². The van der Waals surface area contributed by atoms with Gasteiger partial charge in [0.25, 0.3) is 0 Å². The van der Waals surface area contributed by atoms with Gasteiger partial charge in [0, 0.05) is 0 Å². The largest absolute Gasteiger partial charge is 0.0648 e. The minimum atomic E-state index is 0.626. The molecule has 0 aliphatic heterocycles. The van der Waals surface area contributed by atoms with Gasteiger partial charge < -0.3 is 0 Å². The van der Waals surface area contributed by atoms with Crippen LogP contribution >= 0.6 is 0 Å². The van der Waals surface area contributed by atoms with Crippen LogP contribution in [0.2, 0.25) is 0 Å². The zero-order valence-corrected chi connectivity index (χ0v) is 11.7. The second-order valence-corrected chi connectivity index (χ2v) is 5.55. The van der Waals surface area contributed by atoms with Crippen LogP contribution in [0.1, 0.15) is 82.4 Å². The minimum Gasteiger partial charge on any atom is -0.0648 e. The summed E-state index contributed by atoms with van der Waals surface area (Å²) in [5.74, 6) is 1.93. The van der Waals surface area contributed by atoms with Crippen molar-refractivity contribution in [3.63, 3.8) is 0 Å². The van der Waals surface area contributed by atoms with E-state index in [2.05, 4.69) is 59.7 Å². The topological polar surface area (TPSA) is 0 Å². The molecule has 0 amide bonds. The molecule has 90 valence electrons. The monoisotopic (exact) mass is 218 g/mol. The summed E-state index contributed by atoms with van der Waals surface area (Å²) < 4.78 is 0. The predicted octanol–water partition coefficient (Wildman–Crippen LogP) is 5.45. The molecule has 16 heavy (non-hydrogen) atoms. The Bertz CT molecular complexity index is 308. The van der Waals surface area contributed by atoms with Crippen LogP contribution in [0.25, 0.3) is 0 Å². The highest BCUT2D eigenvalue weighted by atomic mass is 14.2. The maximum Gasteiger partial charge on any atom is -0.0193 e. The zero-order chi connectivity index (χ0) is 12.3. The Morgan fingerprint density at radius 2 is 1.12 bits per heavy atom. The summed E-state index contributed by atoms with van der Waals surface area (Å²) in [6.45, 7) is 13.7. The minimum absolute atomic E-state index is 0.626. The standard InChI is InChI=1S/C16H26/c1-7-13(6)16-9-14(11(2)3)8-15(10-16)12(4)5/h8-13H,7H2,1-6H3. The molecule has 0 bridgehead atoms. The molecule has 1 atom stereocenters. The number of benzene rings is 1. The van der Waals surface area contributed by atoms with E-state index >= 15 is 0 Å². The number of hydrogen-bond acceptors (Lipinski definition) is 0. The van der Waals surface area contributed by atoms with Gasteiger partial charge >= 0.3 is 0 Å². The van der Waals surface area contributed by atoms with E-state index in [0.717, 1.165) is 0 Å². The molecule has 1 aromatic carbocycles. The second-order valence-electron chi connectivity index (χ2n) is 5.55. The summed E-state index contributed by atoms with van der Waals surface area (Å²) in [5.41, 5.74) is 4.49. The second kappa shape index (κ2) is 5.52. The van der Waals surface area contributed by atoms with Crippen LogP contribution in [-0.4, -0.2) is 0 Å². The summed E-state index contributed by atoms with van der Waals surface area (Å²) in [4.78, 5) is 0. The van der Waals surface area contributed by atoms with E-state index in [-0.39, 0.29) is 0 Å². The molecule has 0 spiro atoms. The molecule has 0 heteroatoms. The van der Waals surface area contributed by atoms with Crippen molar-refractivity contribution in [3.8, 4) is 0 Å². The zero-order valence-electron chi connectivity index (χ0n) is 11.7. The molecule has 0 radical (unpaired) electrons. The van der Waals surface area contributed by atoms with Gasteiger partial charge in [-0.05, 0) is 40.9 Å². The van der Waals surface area contributed by atoms with Crippen LogP contribution in [0.3, 0.4) is 0 Å². The summed E-state index contributed by atoms with van der Waals surface area (Å²) >= 11 is 0. The first-order valence-corrected chi connectivity index (χ1v) is 6.60. The van der Waals surface area contributed by atoms with Crippen molar-refractivity contribution < 1.29 is 0 Å². The molecule has 0 aromatic heterocycles. The van der Waals surface area contributed by atoms with Crippen LogP contribution in [0.15, 0.2) is 18.2 Å². The molecular formula is C16H26. The van der Waals surface area contributed by atoms with Crippen molar-refractivity contribution in [2.45, 2.75) is 65.7 Å². The maximum absolute atomic E-state index is 2.39. The lowest BCUT2D eigenvalue weighted by Crippen LogP contribution is -1.99. The lowest BCUT2D eigenvalue weighted by atomic mass is 9.88. The quantitative estimate of drug-likeness (QED) is 0.630. The van der Waals surface area contributed by atoms with E-state index in [1.807, 2.05) is 0 Å². The fraction of sp³-hybridized carbons (Fsp3) is 0.625. The lowest BCUT2D eigenvalue weighted by Gasteiger charge is -2.17. The molecule has 0 saturated heterocycles. The van der Waals surface area contributed by atoms with Crippen molar-refractivity contribution in [2.24, 2.45) is 0 Å². The third-order valence-corrected chi connectivity index (χ3v) is 3.51. The van der Waals surface area contributed by atoms with Gasteiger partial charge in [-0.3, -0.25) is 0 Å². The first-order chi connectivity index (χ1) is 7.45. The third kappa shape index (κ3) is 3.10. The first-order valence-electron chi connectivity index (χ1n) is 6.60. The molecule has 1 aromatic rings. The van der Waals surface area contributed by atoms with E-state index in [4.69, 9.17) is 0 Å². The van der Waals surface area contributed by atoms with Crippen LogP contribution in [0.5, 0.6) is 0 Å². The highest BCUT2D eigenvalue weighted by Crippen LogP contribution is 2.28. The molecule has 0 aliphatic rings. The van der Waals surface area contributed by atoms with Gasteiger partial charge in [0.2, 0.25) is 0 Å². The lowest BCUT2D eigenvalue weighted by molar-refractivity contribution is 0.723. The molecule has 0 fully saturated rings. The summed E-state index contributed by atoms with van der Waals surface area (Å²) in [6, 6.07) is 7.16. The van der Waals surface area contributed by atoms with Crippen molar-refractivity contribution >= 4 is 0 Å². The highest BCUT2D eigenvalue weighted by Gasteiger charge is 2.10. The number of rotatable bonds is 4. The molecule has 1 rings (SSSR count). The van der Waals surface area contributed by atoms with E-state index in [0.29, 0.717) is 17.8 Å². The first kappa shape index (κ1) is 13.3. The van der Waals surface area contributed by atoms with Crippen LogP contribution in [-0.2, 0) is 0 Å². The molecule has 1 unspecified atom stereocenters. The molecule has 0 saturated carbocycles. The van der Waals surface area contributed by atoms with Crippen molar-refractivity contribution in [2.75, 3.05) is 0 Å². The molecule has 0 aliphatic carbocycles. The van der Waals surface area contributed by atoms with Crippen LogP contribution in [0, 0.1) is 0 Å². The molecule has 0 heterocycles. The van der Waals surface area contributed by atoms with E-state index < -0.39 is 0 Å². The van der Waals surface area contributed by atoms with Crippen LogP contribution in [0.4, 0.5) is 0 Å². The molecule has 0 nitrogen and oxygen atoms in total. The van der Waals surface area contributed by atoms with Gasteiger partial charge in [-0.2, -0.15) is 0 Å². The summed E-state index contributed by atoms with van der Waals surface area (Å²) in [6.07, 6.45) is 1.22. The third-order valence-electron chi connectivity index (χ3n) is 3.51. The molecule has 0 N–H and O–H groups in total. The highest BCUT2D eigenvalue weighted by molar-refractivity contribution is 5.35. The van der Waals surface area contributed by atoms with Crippen LogP contribution < -0.4 is 0 Å². The average Bonchev–Trinajstić information content (AvgIpc) is 2.27. The Labute approximate surface area is 101 Å². The fourth-order valence-electron chi connectivity index (χ4n) is 1.89. The fourth-order valence-corrected chi connectivity index (χ4v) is 1.89. The van der Waals surface area contributed by atoms with Gasteiger partial charge in [0.1, 0.15) is 0 Å². The van der Waals surface area contributed by atoms with Gasteiger partial charge in [-0.25, -0.2) is 0 Å². The van der Waals surface area contributed by atoms with E-state index in [9.17, 15) is 0 Å². The van der Waals surface area contributed by atoms with Gasteiger partial charge in [-0.15, -0.1) is 0 Å². The Hall–Kier alpha value is -0.780. The van der Waals surface area contributed by atoms with Crippen molar-refractivity contribution in [1.29, 1.82) is 0 Å². The summed E-state index contributed by atoms with van der Waals surface area (Å²) in [5, 5.41) is 0. The SMILES string of the molecule is CCC(C)c1cc(C(C)C)cc(C(C)C)c1. The Morgan fingerprint density at radius 1 is 0.750 bits per heavy atom. The van der Waals surface area contributed by atoms with Crippen molar-refractivity contribution in [3.05, 3.63) is 34.9 Å². The normalized spacial score (nSPS) is 13.5.